The van der Waals surface area contributed by atoms with Crippen LogP contribution < -0.4 is 5.32 Å². The van der Waals surface area contributed by atoms with Gasteiger partial charge in [0.1, 0.15) is 0 Å². The van der Waals surface area contributed by atoms with Crippen molar-refractivity contribution in [1.29, 1.82) is 0 Å². The third-order valence-corrected chi connectivity index (χ3v) is 6.07. The third-order valence-electron chi connectivity index (χ3n) is 4.96. The number of rotatable bonds is 2. The van der Waals surface area contributed by atoms with Crippen molar-refractivity contribution in [3.8, 4) is 11.3 Å². The van der Waals surface area contributed by atoms with Gasteiger partial charge in [0, 0.05) is 39.9 Å². The minimum atomic E-state index is -3.29. The van der Waals surface area contributed by atoms with E-state index in [0.29, 0.717) is 17.8 Å². The van der Waals surface area contributed by atoms with Crippen molar-refractivity contribution in [3.63, 3.8) is 0 Å². The van der Waals surface area contributed by atoms with E-state index in [9.17, 15) is 13.2 Å². The van der Waals surface area contributed by atoms with E-state index in [1.807, 2.05) is 24.3 Å². The van der Waals surface area contributed by atoms with Crippen molar-refractivity contribution in [1.82, 2.24) is 15.3 Å². The van der Waals surface area contributed by atoms with Gasteiger partial charge in [-0.15, -0.1) is 0 Å². The molecule has 0 unspecified atom stereocenters. The first kappa shape index (κ1) is 16.0. The molecule has 0 bridgehead atoms. The molecule has 0 fully saturated rings. The molecule has 5 rings (SSSR count). The molecule has 27 heavy (non-hydrogen) atoms. The molecule has 2 aromatic heterocycles. The van der Waals surface area contributed by atoms with Gasteiger partial charge in [0.25, 0.3) is 5.91 Å². The molecule has 0 atom stereocenters. The summed E-state index contributed by atoms with van der Waals surface area (Å²) in [6.07, 6.45) is 2.96. The number of fused-ring (bicyclic) bond motifs is 5. The first-order chi connectivity index (χ1) is 12.9. The number of carbonyl (C=O) groups excluding carboxylic acids is 1. The van der Waals surface area contributed by atoms with Crippen LogP contribution >= 0.6 is 0 Å². The number of amides is 1. The zero-order valence-electron chi connectivity index (χ0n) is 14.4. The predicted molar refractivity (Wildman–Crippen MR) is 103 cm³/mol. The quantitative estimate of drug-likeness (QED) is 0.562. The van der Waals surface area contributed by atoms with Gasteiger partial charge >= 0.3 is 0 Å². The number of benzene rings is 2. The molecule has 1 aliphatic rings. The maximum Gasteiger partial charge on any atom is 0.254 e. The van der Waals surface area contributed by atoms with Crippen LogP contribution in [-0.4, -0.2) is 30.5 Å². The van der Waals surface area contributed by atoms with E-state index in [1.54, 1.807) is 24.4 Å². The zero-order chi connectivity index (χ0) is 18.8. The van der Waals surface area contributed by atoms with Crippen molar-refractivity contribution in [2.24, 2.45) is 0 Å². The van der Waals surface area contributed by atoms with Crippen LogP contribution in [0.5, 0.6) is 0 Å². The molecule has 3 heterocycles. The molecular weight excluding hydrogens is 362 g/mol. The highest BCUT2D eigenvalue weighted by Crippen LogP contribution is 2.33. The molecule has 7 heteroatoms. The first-order valence-electron chi connectivity index (χ1n) is 8.44. The lowest BCUT2D eigenvalue weighted by Gasteiger charge is -2.07. The van der Waals surface area contributed by atoms with Gasteiger partial charge < -0.3 is 10.3 Å². The maximum atomic E-state index is 12.1. The number of hydrogen-bond donors (Lipinski definition) is 2. The Balaban J connectivity index is 1.75. The number of nitrogens with one attached hydrogen (secondary N) is 2. The SMILES string of the molecule is CS(=O)(=O)c1cccc(-c2cc3c(ccc4c5c([nH]c43)CNC5=O)cn2)c1. The molecule has 1 aliphatic heterocycles. The lowest BCUT2D eigenvalue weighted by atomic mass is 10.0. The number of aromatic nitrogens is 2. The van der Waals surface area contributed by atoms with Crippen molar-refractivity contribution in [3.05, 3.63) is 59.9 Å². The number of pyridine rings is 1. The Kier molecular flexibility index (Phi) is 3.21. The monoisotopic (exact) mass is 377 g/mol. The van der Waals surface area contributed by atoms with Crippen LogP contribution in [0.1, 0.15) is 16.1 Å². The second-order valence-electron chi connectivity index (χ2n) is 6.74. The molecular formula is C20H15N3O3S. The maximum absolute atomic E-state index is 12.1. The second-order valence-corrected chi connectivity index (χ2v) is 8.76. The van der Waals surface area contributed by atoms with Gasteiger partial charge in [-0.3, -0.25) is 9.78 Å². The number of carbonyl (C=O) groups is 1. The number of sulfone groups is 1. The lowest BCUT2D eigenvalue weighted by Crippen LogP contribution is -2.13. The summed E-state index contributed by atoms with van der Waals surface area (Å²) in [6, 6.07) is 12.6. The van der Waals surface area contributed by atoms with Crippen LogP contribution in [0.25, 0.3) is 32.9 Å². The van der Waals surface area contributed by atoms with Gasteiger partial charge in [-0.05, 0) is 18.2 Å². The Bertz CT molecular complexity index is 1370. The van der Waals surface area contributed by atoms with E-state index in [4.69, 9.17) is 0 Å². The summed E-state index contributed by atoms with van der Waals surface area (Å²) in [6.45, 7) is 0.499. The summed E-state index contributed by atoms with van der Waals surface area (Å²) in [5, 5.41) is 5.61. The number of nitrogens with zero attached hydrogens (tertiary/aromatic N) is 1. The van der Waals surface area contributed by atoms with E-state index in [-0.39, 0.29) is 10.8 Å². The molecule has 0 radical (unpaired) electrons. The Labute approximate surface area is 155 Å². The molecule has 1 amide bonds. The average Bonchev–Trinajstić information content (AvgIpc) is 3.20. The van der Waals surface area contributed by atoms with Gasteiger partial charge in [-0.2, -0.15) is 0 Å². The molecule has 2 N–H and O–H groups in total. The highest BCUT2D eigenvalue weighted by Gasteiger charge is 2.25. The lowest BCUT2D eigenvalue weighted by molar-refractivity contribution is 0.0967. The van der Waals surface area contributed by atoms with Crippen molar-refractivity contribution in [2.45, 2.75) is 11.4 Å². The topological polar surface area (TPSA) is 91.9 Å². The van der Waals surface area contributed by atoms with Gasteiger partial charge in [0.05, 0.1) is 28.2 Å². The van der Waals surface area contributed by atoms with Gasteiger partial charge in [0.2, 0.25) is 0 Å². The molecule has 0 spiro atoms. The first-order valence-corrected chi connectivity index (χ1v) is 10.3. The molecule has 134 valence electrons. The summed E-state index contributed by atoms with van der Waals surface area (Å²) < 4.78 is 23.7. The second kappa shape index (κ2) is 5.40. The molecule has 4 aromatic rings. The van der Waals surface area contributed by atoms with Crippen LogP contribution in [0.15, 0.2) is 53.6 Å². The Morgan fingerprint density at radius 2 is 1.93 bits per heavy atom. The van der Waals surface area contributed by atoms with Gasteiger partial charge in [-0.25, -0.2) is 8.42 Å². The van der Waals surface area contributed by atoms with Crippen LogP contribution in [0.3, 0.4) is 0 Å². The van der Waals surface area contributed by atoms with E-state index >= 15 is 0 Å². The van der Waals surface area contributed by atoms with E-state index in [2.05, 4.69) is 15.3 Å². The van der Waals surface area contributed by atoms with Crippen LogP contribution in [-0.2, 0) is 16.4 Å². The fraction of sp³-hybridized carbons (Fsp3) is 0.100. The molecule has 6 nitrogen and oxygen atoms in total. The zero-order valence-corrected chi connectivity index (χ0v) is 15.2. The van der Waals surface area contributed by atoms with E-state index in [1.165, 1.54) is 6.26 Å². The van der Waals surface area contributed by atoms with Crippen LogP contribution in [0.2, 0.25) is 0 Å². The fourth-order valence-corrected chi connectivity index (χ4v) is 4.30. The predicted octanol–water partition coefficient (Wildman–Crippen LogP) is 3.03. The molecule has 0 saturated carbocycles. The summed E-state index contributed by atoms with van der Waals surface area (Å²) in [4.78, 5) is 20.2. The van der Waals surface area contributed by atoms with Gasteiger partial charge in [-0.1, -0.05) is 24.3 Å². The van der Waals surface area contributed by atoms with E-state index in [0.717, 1.165) is 32.9 Å². The number of hydrogen-bond acceptors (Lipinski definition) is 4. The standard InChI is InChI=1S/C20H15N3O3S/c1-27(25,26)13-4-2-3-11(7-13)16-8-15-12(9-21-16)5-6-14-18-17(23-19(14)15)10-22-20(18)24/h2-9,23H,10H2,1H3,(H,22,24). The summed E-state index contributed by atoms with van der Waals surface area (Å²) in [5.74, 6) is -0.0641. The largest absolute Gasteiger partial charge is 0.356 e. The smallest absolute Gasteiger partial charge is 0.254 e. The summed E-state index contributed by atoms with van der Waals surface area (Å²) in [7, 11) is -3.29. The number of aromatic amines is 1. The van der Waals surface area contributed by atoms with Gasteiger partial charge in [0.15, 0.2) is 9.84 Å². The molecule has 2 aromatic carbocycles. The minimum Gasteiger partial charge on any atom is -0.356 e. The third kappa shape index (κ3) is 2.43. The Morgan fingerprint density at radius 3 is 2.74 bits per heavy atom. The van der Waals surface area contributed by atoms with E-state index < -0.39 is 9.84 Å². The average molecular weight is 377 g/mol. The Hall–Kier alpha value is -3.19. The van der Waals surface area contributed by atoms with Crippen molar-refractivity contribution < 1.29 is 13.2 Å². The van der Waals surface area contributed by atoms with Crippen LogP contribution in [0, 0.1) is 0 Å². The van der Waals surface area contributed by atoms with Crippen molar-refractivity contribution >= 4 is 37.4 Å². The van der Waals surface area contributed by atoms with Crippen molar-refractivity contribution in [2.75, 3.05) is 6.26 Å². The highest BCUT2D eigenvalue weighted by atomic mass is 32.2. The highest BCUT2D eigenvalue weighted by molar-refractivity contribution is 7.90. The summed E-state index contributed by atoms with van der Waals surface area (Å²) >= 11 is 0. The molecule has 0 saturated heterocycles. The Morgan fingerprint density at radius 1 is 1.07 bits per heavy atom. The minimum absolute atomic E-state index is 0.0641. The normalized spacial score (nSPS) is 13.9. The summed E-state index contributed by atoms with van der Waals surface area (Å²) in [5.41, 5.74) is 3.90. The van der Waals surface area contributed by atoms with Crippen LogP contribution in [0.4, 0.5) is 0 Å². The molecule has 0 aliphatic carbocycles. The fourth-order valence-electron chi connectivity index (χ4n) is 3.63. The number of H-pyrrole nitrogens is 1.